The Morgan fingerprint density at radius 2 is 1.85 bits per heavy atom. The number of fused-ring (bicyclic) bond motifs is 2. The van der Waals surface area contributed by atoms with Crippen molar-refractivity contribution in [1.82, 2.24) is 14.7 Å². The highest BCUT2D eigenvalue weighted by Gasteiger charge is 2.56. The molecule has 3 aliphatic heterocycles. The summed E-state index contributed by atoms with van der Waals surface area (Å²) in [5, 5.41) is 3.07. The summed E-state index contributed by atoms with van der Waals surface area (Å²) in [6, 6.07) is 10.9. The van der Waals surface area contributed by atoms with Crippen LogP contribution in [0.3, 0.4) is 0 Å². The molecule has 27 heavy (non-hydrogen) atoms. The Labute approximate surface area is 161 Å². The monoisotopic (exact) mass is 370 g/mol. The minimum Gasteiger partial charge on any atom is -0.378 e. The van der Waals surface area contributed by atoms with E-state index in [4.69, 9.17) is 4.74 Å². The number of morpholine rings is 1. The van der Waals surface area contributed by atoms with Gasteiger partial charge in [0.1, 0.15) is 0 Å². The average molecular weight is 370 g/mol. The number of nitrogens with zero attached hydrogens (tertiary/aromatic N) is 3. The summed E-state index contributed by atoms with van der Waals surface area (Å²) >= 11 is 0. The number of urea groups is 1. The number of amides is 2. The molecular weight excluding hydrogens is 340 g/mol. The molecular formula is C21H30N4O2. The summed E-state index contributed by atoms with van der Waals surface area (Å²) in [5.41, 5.74) is 0.976. The van der Waals surface area contributed by atoms with Crippen LogP contribution in [-0.2, 0) is 4.74 Å². The van der Waals surface area contributed by atoms with Crippen molar-refractivity contribution in [3.8, 4) is 0 Å². The normalized spacial score (nSPS) is 28.7. The highest BCUT2D eigenvalue weighted by atomic mass is 16.5. The predicted molar refractivity (Wildman–Crippen MR) is 105 cm³/mol. The fourth-order valence-corrected chi connectivity index (χ4v) is 5.59. The number of para-hydroxylation sites is 1. The molecule has 2 amide bonds. The molecule has 6 nitrogen and oxygen atoms in total. The third-order valence-corrected chi connectivity index (χ3v) is 6.90. The average Bonchev–Trinajstić information content (AvgIpc) is 3.20. The molecule has 1 atom stereocenters. The molecule has 1 unspecified atom stereocenters. The van der Waals surface area contributed by atoms with Gasteiger partial charge in [-0.25, -0.2) is 4.79 Å². The lowest BCUT2D eigenvalue weighted by Gasteiger charge is -2.64. The number of ether oxygens (including phenoxy) is 1. The Morgan fingerprint density at radius 1 is 1.07 bits per heavy atom. The Hall–Kier alpha value is -1.63. The second kappa shape index (κ2) is 7.08. The van der Waals surface area contributed by atoms with Gasteiger partial charge in [-0.05, 0) is 25.0 Å². The van der Waals surface area contributed by atoms with Gasteiger partial charge < -0.3 is 15.0 Å². The Bertz CT molecular complexity index is 670. The molecule has 0 bridgehead atoms. The van der Waals surface area contributed by atoms with Crippen LogP contribution in [0.15, 0.2) is 30.3 Å². The third-order valence-electron chi connectivity index (χ3n) is 6.90. The maximum Gasteiger partial charge on any atom is 0.321 e. The van der Waals surface area contributed by atoms with Crippen molar-refractivity contribution >= 4 is 11.7 Å². The van der Waals surface area contributed by atoms with Crippen molar-refractivity contribution < 1.29 is 9.53 Å². The molecule has 1 spiro atoms. The van der Waals surface area contributed by atoms with E-state index in [-0.39, 0.29) is 11.6 Å². The smallest absolute Gasteiger partial charge is 0.321 e. The first-order valence-electron chi connectivity index (χ1n) is 10.4. The topological polar surface area (TPSA) is 48.1 Å². The number of anilines is 1. The van der Waals surface area contributed by atoms with Gasteiger partial charge in [-0.1, -0.05) is 31.0 Å². The zero-order valence-corrected chi connectivity index (χ0v) is 16.0. The van der Waals surface area contributed by atoms with E-state index in [2.05, 4.69) is 15.1 Å². The molecule has 0 aromatic heterocycles. The van der Waals surface area contributed by atoms with E-state index in [9.17, 15) is 4.79 Å². The van der Waals surface area contributed by atoms with Crippen LogP contribution in [0.2, 0.25) is 0 Å². The van der Waals surface area contributed by atoms with Gasteiger partial charge in [0.05, 0.1) is 24.8 Å². The third kappa shape index (κ3) is 3.24. The van der Waals surface area contributed by atoms with E-state index in [0.717, 1.165) is 57.7 Å². The molecule has 146 valence electrons. The molecule has 4 aliphatic rings. The second-order valence-corrected chi connectivity index (χ2v) is 8.67. The molecule has 1 aromatic carbocycles. The summed E-state index contributed by atoms with van der Waals surface area (Å²) in [7, 11) is 0. The van der Waals surface area contributed by atoms with Gasteiger partial charge in [-0.3, -0.25) is 9.80 Å². The van der Waals surface area contributed by atoms with Crippen molar-refractivity contribution in [2.24, 2.45) is 0 Å². The first kappa shape index (κ1) is 17.5. The summed E-state index contributed by atoms with van der Waals surface area (Å²) in [6.07, 6.45) is 5.45. The fraction of sp³-hybridized carbons (Fsp3) is 0.667. The van der Waals surface area contributed by atoms with Crippen LogP contribution in [0.5, 0.6) is 0 Å². The summed E-state index contributed by atoms with van der Waals surface area (Å²) in [5.74, 6) is 0. The highest BCUT2D eigenvalue weighted by molar-refractivity contribution is 5.89. The van der Waals surface area contributed by atoms with Gasteiger partial charge in [-0.15, -0.1) is 0 Å². The van der Waals surface area contributed by atoms with Crippen LogP contribution in [0, 0.1) is 0 Å². The molecule has 6 heteroatoms. The first-order valence-corrected chi connectivity index (χ1v) is 10.4. The molecule has 0 radical (unpaired) electrons. The number of carbonyl (C=O) groups excluding carboxylic acids is 1. The van der Waals surface area contributed by atoms with E-state index in [1.54, 1.807) is 0 Å². The van der Waals surface area contributed by atoms with Gasteiger partial charge >= 0.3 is 6.03 Å². The number of likely N-dealkylation sites (tertiary alicyclic amines) is 1. The van der Waals surface area contributed by atoms with Gasteiger partial charge in [0, 0.05) is 44.5 Å². The van der Waals surface area contributed by atoms with Crippen molar-refractivity contribution in [2.75, 3.05) is 51.3 Å². The van der Waals surface area contributed by atoms with Crippen LogP contribution in [0.4, 0.5) is 10.5 Å². The number of piperazine rings is 1. The van der Waals surface area contributed by atoms with E-state index < -0.39 is 0 Å². The Morgan fingerprint density at radius 3 is 2.63 bits per heavy atom. The second-order valence-electron chi connectivity index (χ2n) is 8.67. The lowest BCUT2D eigenvalue weighted by molar-refractivity contribution is -0.164. The lowest BCUT2D eigenvalue weighted by atomic mass is 9.81. The zero-order chi connectivity index (χ0) is 18.3. The summed E-state index contributed by atoms with van der Waals surface area (Å²) < 4.78 is 5.76. The molecule has 4 fully saturated rings. The fourth-order valence-electron chi connectivity index (χ4n) is 5.59. The van der Waals surface area contributed by atoms with E-state index in [1.165, 1.54) is 25.7 Å². The van der Waals surface area contributed by atoms with Gasteiger partial charge in [0.15, 0.2) is 0 Å². The minimum absolute atomic E-state index is 0.0186. The number of benzene rings is 1. The Balaban J connectivity index is 1.30. The molecule has 1 aliphatic carbocycles. The largest absolute Gasteiger partial charge is 0.378 e. The zero-order valence-electron chi connectivity index (χ0n) is 16.0. The lowest BCUT2D eigenvalue weighted by Crippen LogP contribution is -2.81. The number of hydrogen-bond donors (Lipinski definition) is 1. The standard InChI is InChI=1S/C21H30N4O2/c26-20(22-17-6-2-1-3-7-17)23-12-19-13-27-11-10-25(19)21(14-23)15-24(16-21)18-8-4-5-9-18/h1-3,6-7,18-19H,4-5,8-16H2,(H,22,26). The molecule has 3 saturated heterocycles. The van der Waals surface area contributed by atoms with Crippen LogP contribution in [-0.4, -0.2) is 84.3 Å². The highest BCUT2D eigenvalue weighted by Crippen LogP contribution is 2.39. The Kier molecular flexibility index (Phi) is 4.58. The minimum atomic E-state index is 0.0186. The molecule has 1 saturated carbocycles. The summed E-state index contributed by atoms with van der Waals surface area (Å²) in [6.45, 7) is 6.33. The van der Waals surface area contributed by atoms with Crippen LogP contribution < -0.4 is 5.32 Å². The molecule has 1 aromatic rings. The first-order chi connectivity index (χ1) is 13.2. The van der Waals surface area contributed by atoms with E-state index >= 15 is 0 Å². The van der Waals surface area contributed by atoms with E-state index in [1.807, 2.05) is 35.2 Å². The maximum atomic E-state index is 12.9. The van der Waals surface area contributed by atoms with E-state index in [0.29, 0.717) is 6.04 Å². The molecule has 5 rings (SSSR count). The van der Waals surface area contributed by atoms with Crippen molar-refractivity contribution in [3.05, 3.63) is 30.3 Å². The number of hydrogen-bond acceptors (Lipinski definition) is 4. The quantitative estimate of drug-likeness (QED) is 0.867. The van der Waals surface area contributed by atoms with Crippen LogP contribution >= 0.6 is 0 Å². The van der Waals surface area contributed by atoms with Crippen molar-refractivity contribution in [1.29, 1.82) is 0 Å². The van der Waals surface area contributed by atoms with Gasteiger partial charge in [0.25, 0.3) is 0 Å². The molecule has 1 N–H and O–H groups in total. The maximum absolute atomic E-state index is 12.9. The predicted octanol–water partition coefficient (Wildman–Crippen LogP) is 2.23. The number of nitrogens with one attached hydrogen (secondary N) is 1. The summed E-state index contributed by atoms with van der Waals surface area (Å²) in [4.78, 5) is 20.3. The number of carbonyl (C=O) groups is 1. The van der Waals surface area contributed by atoms with Crippen LogP contribution in [0.25, 0.3) is 0 Å². The van der Waals surface area contributed by atoms with Gasteiger partial charge in [-0.2, -0.15) is 0 Å². The van der Waals surface area contributed by atoms with Crippen molar-refractivity contribution in [2.45, 2.75) is 43.3 Å². The van der Waals surface area contributed by atoms with Crippen molar-refractivity contribution in [3.63, 3.8) is 0 Å². The van der Waals surface area contributed by atoms with Crippen LogP contribution in [0.1, 0.15) is 25.7 Å². The number of rotatable bonds is 2. The SMILES string of the molecule is O=C(Nc1ccccc1)N1CC2COCCN2C2(C1)CN(C1CCCC1)C2. The molecule has 3 heterocycles. The van der Waals surface area contributed by atoms with Gasteiger partial charge in [0.2, 0.25) is 0 Å².